The van der Waals surface area contributed by atoms with Crippen molar-refractivity contribution in [2.75, 3.05) is 0 Å². The zero-order valence-electron chi connectivity index (χ0n) is 11.7. The SMILES string of the molecule is Cc1cc(CNCc2ccc(C(N)=NO)cc2)sc1C. The van der Waals surface area contributed by atoms with Gasteiger partial charge in [-0.25, -0.2) is 0 Å². The fourth-order valence-corrected chi connectivity index (χ4v) is 2.94. The molecule has 2 rings (SSSR count). The average molecular weight is 289 g/mol. The fraction of sp³-hybridized carbons (Fsp3) is 0.267. The molecule has 20 heavy (non-hydrogen) atoms. The monoisotopic (exact) mass is 289 g/mol. The van der Waals surface area contributed by atoms with E-state index in [1.807, 2.05) is 35.6 Å². The second-order valence-corrected chi connectivity index (χ2v) is 6.08. The number of hydrogen-bond acceptors (Lipinski definition) is 4. The van der Waals surface area contributed by atoms with Gasteiger partial charge in [-0.05, 0) is 31.0 Å². The van der Waals surface area contributed by atoms with Crippen LogP contribution in [0.4, 0.5) is 0 Å². The van der Waals surface area contributed by atoms with E-state index in [1.165, 1.54) is 20.9 Å². The Morgan fingerprint density at radius 2 is 1.95 bits per heavy atom. The normalized spacial score (nSPS) is 11.8. The first kappa shape index (κ1) is 14.6. The number of nitrogens with two attached hydrogens (primary N) is 1. The smallest absolute Gasteiger partial charge is 0.170 e. The van der Waals surface area contributed by atoms with Gasteiger partial charge in [-0.1, -0.05) is 29.4 Å². The minimum atomic E-state index is 0.133. The van der Waals surface area contributed by atoms with Crippen LogP contribution in [-0.4, -0.2) is 11.0 Å². The van der Waals surface area contributed by atoms with E-state index >= 15 is 0 Å². The van der Waals surface area contributed by atoms with E-state index in [2.05, 4.69) is 30.4 Å². The summed E-state index contributed by atoms with van der Waals surface area (Å²) < 4.78 is 0. The van der Waals surface area contributed by atoms with Gasteiger partial charge in [0.25, 0.3) is 0 Å². The second-order valence-electron chi connectivity index (χ2n) is 4.74. The molecule has 1 aromatic heterocycles. The van der Waals surface area contributed by atoms with Gasteiger partial charge in [0.15, 0.2) is 5.84 Å². The van der Waals surface area contributed by atoms with Crippen molar-refractivity contribution in [1.82, 2.24) is 5.32 Å². The Morgan fingerprint density at radius 1 is 1.25 bits per heavy atom. The summed E-state index contributed by atoms with van der Waals surface area (Å²) in [6, 6.07) is 9.89. The Kier molecular flexibility index (Phi) is 4.76. The summed E-state index contributed by atoms with van der Waals surface area (Å²) in [5, 5.41) is 15.0. The number of amidine groups is 1. The van der Waals surface area contributed by atoms with Crippen molar-refractivity contribution in [1.29, 1.82) is 0 Å². The van der Waals surface area contributed by atoms with Crippen LogP contribution in [0.25, 0.3) is 0 Å². The molecule has 0 bridgehead atoms. The number of oxime groups is 1. The third-order valence-corrected chi connectivity index (χ3v) is 4.36. The summed E-state index contributed by atoms with van der Waals surface area (Å²) in [6.07, 6.45) is 0. The molecule has 0 radical (unpaired) electrons. The van der Waals surface area contributed by atoms with E-state index in [4.69, 9.17) is 10.9 Å². The highest BCUT2D eigenvalue weighted by Crippen LogP contribution is 2.20. The topological polar surface area (TPSA) is 70.6 Å². The maximum Gasteiger partial charge on any atom is 0.170 e. The Morgan fingerprint density at radius 3 is 2.50 bits per heavy atom. The van der Waals surface area contributed by atoms with Crippen LogP contribution in [0, 0.1) is 13.8 Å². The molecule has 0 aliphatic heterocycles. The zero-order chi connectivity index (χ0) is 14.5. The lowest BCUT2D eigenvalue weighted by Gasteiger charge is -2.05. The van der Waals surface area contributed by atoms with Gasteiger partial charge >= 0.3 is 0 Å². The molecule has 0 saturated heterocycles. The molecule has 4 N–H and O–H groups in total. The largest absolute Gasteiger partial charge is 0.409 e. The summed E-state index contributed by atoms with van der Waals surface area (Å²) >= 11 is 1.84. The highest BCUT2D eigenvalue weighted by atomic mass is 32.1. The molecule has 0 unspecified atom stereocenters. The molecule has 1 aromatic carbocycles. The van der Waals surface area contributed by atoms with Crippen molar-refractivity contribution in [2.45, 2.75) is 26.9 Å². The minimum absolute atomic E-state index is 0.133. The second kappa shape index (κ2) is 6.54. The third kappa shape index (κ3) is 3.59. The van der Waals surface area contributed by atoms with E-state index in [0.717, 1.165) is 18.7 Å². The highest BCUT2D eigenvalue weighted by Gasteiger charge is 2.02. The number of rotatable bonds is 5. The van der Waals surface area contributed by atoms with Crippen LogP contribution >= 0.6 is 11.3 Å². The number of thiophene rings is 1. The Hall–Kier alpha value is -1.85. The molecular weight excluding hydrogens is 270 g/mol. The number of nitrogens with one attached hydrogen (secondary N) is 1. The summed E-state index contributed by atoms with van der Waals surface area (Å²) in [5.74, 6) is 0.133. The lowest BCUT2D eigenvalue weighted by molar-refractivity contribution is 0.318. The molecule has 5 heteroatoms. The van der Waals surface area contributed by atoms with E-state index in [9.17, 15) is 0 Å². The standard InChI is InChI=1S/C15H19N3OS/c1-10-7-14(20-11(10)2)9-17-8-12-3-5-13(6-4-12)15(16)18-19/h3-7,17,19H,8-9H2,1-2H3,(H2,16,18). The van der Waals surface area contributed by atoms with Crippen LogP contribution in [0.15, 0.2) is 35.5 Å². The molecule has 0 aliphatic carbocycles. The molecular formula is C15H19N3OS. The van der Waals surface area contributed by atoms with Crippen LogP contribution in [0.3, 0.4) is 0 Å². The molecule has 1 heterocycles. The summed E-state index contributed by atoms with van der Waals surface area (Å²) in [4.78, 5) is 2.73. The summed E-state index contributed by atoms with van der Waals surface area (Å²) in [7, 11) is 0. The lowest BCUT2D eigenvalue weighted by atomic mass is 10.1. The van der Waals surface area contributed by atoms with Gasteiger partial charge in [-0.2, -0.15) is 0 Å². The van der Waals surface area contributed by atoms with Crippen LogP contribution < -0.4 is 11.1 Å². The van der Waals surface area contributed by atoms with Crippen molar-refractivity contribution in [2.24, 2.45) is 10.9 Å². The Bertz CT molecular complexity index is 583. The first-order chi connectivity index (χ1) is 9.60. The molecule has 0 aliphatic rings. The average Bonchev–Trinajstić information content (AvgIpc) is 2.77. The van der Waals surface area contributed by atoms with Gasteiger partial charge in [-0.3, -0.25) is 0 Å². The minimum Gasteiger partial charge on any atom is -0.409 e. The molecule has 0 amide bonds. The molecule has 106 valence electrons. The molecule has 2 aromatic rings. The van der Waals surface area contributed by atoms with Crippen molar-refractivity contribution in [3.63, 3.8) is 0 Å². The molecule has 0 saturated carbocycles. The van der Waals surface area contributed by atoms with Crippen molar-refractivity contribution < 1.29 is 5.21 Å². The summed E-state index contributed by atoms with van der Waals surface area (Å²) in [5.41, 5.74) is 8.77. The van der Waals surface area contributed by atoms with E-state index in [0.29, 0.717) is 0 Å². The van der Waals surface area contributed by atoms with Crippen LogP contribution in [0.2, 0.25) is 0 Å². The van der Waals surface area contributed by atoms with Gasteiger partial charge in [-0.15, -0.1) is 11.3 Å². The molecule has 0 spiro atoms. The first-order valence-corrected chi connectivity index (χ1v) is 7.25. The first-order valence-electron chi connectivity index (χ1n) is 6.43. The van der Waals surface area contributed by atoms with Crippen molar-refractivity contribution >= 4 is 17.2 Å². The number of aryl methyl sites for hydroxylation is 2. The molecule has 4 nitrogen and oxygen atoms in total. The third-order valence-electron chi connectivity index (χ3n) is 3.20. The summed E-state index contributed by atoms with van der Waals surface area (Å²) in [6.45, 7) is 5.96. The Balaban J connectivity index is 1.88. The number of hydrogen-bond donors (Lipinski definition) is 3. The van der Waals surface area contributed by atoms with E-state index in [-0.39, 0.29) is 5.84 Å². The lowest BCUT2D eigenvalue weighted by Crippen LogP contribution is -2.14. The van der Waals surface area contributed by atoms with Crippen LogP contribution in [0.5, 0.6) is 0 Å². The predicted molar refractivity (Wildman–Crippen MR) is 83.3 cm³/mol. The maximum absolute atomic E-state index is 8.60. The maximum atomic E-state index is 8.60. The fourth-order valence-electron chi connectivity index (χ4n) is 1.92. The van der Waals surface area contributed by atoms with Crippen molar-refractivity contribution in [3.05, 3.63) is 56.8 Å². The number of nitrogens with zero attached hydrogens (tertiary/aromatic N) is 1. The van der Waals surface area contributed by atoms with Crippen molar-refractivity contribution in [3.8, 4) is 0 Å². The predicted octanol–water partition coefficient (Wildman–Crippen LogP) is 2.75. The van der Waals surface area contributed by atoms with Gasteiger partial charge in [0, 0.05) is 28.4 Å². The van der Waals surface area contributed by atoms with Crippen LogP contribution in [-0.2, 0) is 13.1 Å². The van der Waals surface area contributed by atoms with Gasteiger partial charge < -0.3 is 16.3 Å². The molecule has 0 atom stereocenters. The molecule has 0 fully saturated rings. The highest BCUT2D eigenvalue weighted by molar-refractivity contribution is 7.12. The zero-order valence-corrected chi connectivity index (χ0v) is 12.5. The Labute approximate surface area is 122 Å². The van der Waals surface area contributed by atoms with Gasteiger partial charge in [0.05, 0.1) is 0 Å². The van der Waals surface area contributed by atoms with Gasteiger partial charge in [0.1, 0.15) is 0 Å². The van der Waals surface area contributed by atoms with E-state index in [1.54, 1.807) is 0 Å². The van der Waals surface area contributed by atoms with E-state index < -0.39 is 0 Å². The quantitative estimate of drug-likeness (QED) is 0.343. The number of benzene rings is 1. The van der Waals surface area contributed by atoms with Gasteiger partial charge in [0.2, 0.25) is 0 Å². The van der Waals surface area contributed by atoms with Crippen LogP contribution in [0.1, 0.15) is 26.4 Å².